The Morgan fingerprint density at radius 3 is 2.38 bits per heavy atom. The van der Waals surface area contributed by atoms with Crippen molar-refractivity contribution in [2.45, 2.75) is 23.9 Å². The number of rotatable bonds is 6. The minimum atomic E-state index is -4.02. The fourth-order valence-electron chi connectivity index (χ4n) is 2.73. The number of non-ortho nitro benzene ring substituents is 1. The van der Waals surface area contributed by atoms with E-state index in [0.29, 0.717) is 0 Å². The first-order chi connectivity index (χ1) is 13.6. The van der Waals surface area contributed by atoms with E-state index in [-0.39, 0.29) is 39.6 Å². The largest absolute Gasteiger partial charge is 0.369 e. The Morgan fingerprint density at radius 2 is 1.79 bits per heavy atom. The van der Waals surface area contributed by atoms with Gasteiger partial charge in [-0.3, -0.25) is 14.9 Å². The molecule has 2 aromatic rings. The molecule has 2 atom stereocenters. The van der Waals surface area contributed by atoms with Crippen LogP contribution in [0.5, 0.6) is 0 Å². The van der Waals surface area contributed by atoms with Crippen LogP contribution >= 0.6 is 0 Å². The second-order valence-corrected chi connectivity index (χ2v) is 7.94. The van der Waals surface area contributed by atoms with Crippen molar-refractivity contribution in [3.8, 4) is 0 Å². The Bertz CT molecular complexity index is 1070. The van der Waals surface area contributed by atoms with Crippen molar-refractivity contribution in [2.24, 2.45) is 5.73 Å². The van der Waals surface area contributed by atoms with Crippen LogP contribution in [-0.2, 0) is 16.6 Å². The molecular weight excluding hydrogens is 406 g/mol. The number of aliphatic hydroxyl groups is 2. The van der Waals surface area contributed by atoms with Crippen LogP contribution in [0.25, 0.3) is 0 Å². The van der Waals surface area contributed by atoms with Gasteiger partial charge in [-0.1, -0.05) is 0 Å². The third-order valence-corrected chi connectivity index (χ3v) is 5.63. The van der Waals surface area contributed by atoms with E-state index >= 15 is 0 Å². The number of aliphatic hydroxyl groups excluding tert-OH is 2. The Balaban J connectivity index is 1.89. The lowest BCUT2D eigenvalue weighted by Gasteiger charge is -2.31. The van der Waals surface area contributed by atoms with Crippen LogP contribution < -0.4 is 21.1 Å². The average molecular weight is 423 g/mol. The lowest BCUT2D eigenvalue weighted by molar-refractivity contribution is -0.384. The molecule has 0 aliphatic carbocycles. The SMILES string of the molecule is NC(=O)c1ccc(S(=O)(=O)NCc2cc([N+](=O)[O-])cc3c2NC(O)C(O)N3)cc1. The summed E-state index contributed by atoms with van der Waals surface area (Å²) in [6, 6.07) is 7.22. The molecule has 7 N–H and O–H groups in total. The van der Waals surface area contributed by atoms with E-state index in [2.05, 4.69) is 15.4 Å². The minimum Gasteiger partial charge on any atom is -0.369 e. The molecule has 3 rings (SSSR count). The molecule has 0 fully saturated rings. The molecule has 12 nitrogen and oxygen atoms in total. The van der Waals surface area contributed by atoms with Crippen LogP contribution in [0.4, 0.5) is 17.1 Å². The zero-order valence-corrected chi connectivity index (χ0v) is 15.5. The third-order valence-electron chi connectivity index (χ3n) is 4.21. The maximum atomic E-state index is 12.5. The average Bonchev–Trinajstić information content (AvgIpc) is 2.67. The minimum absolute atomic E-state index is 0.136. The van der Waals surface area contributed by atoms with Gasteiger partial charge in [0.15, 0.2) is 12.5 Å². The standard InChI is InChI=1S/C16H17N5O7S/c17-14(22)8-1-3-11(4-2-8)29(27,28)18-7-9-5-10(21(25)26)6-12-13(9)20-16(24)15(23)19-12/h1-6,15-16,18-20,23-24H,7H2,(H2,17,22). The van der Waals surface area contributed by atoms with Crippen molar-refractivity contribution < 1.29 is 28.3 Å². The summed E-state index contributed by atoms with van der Waals surface area (Å²) in [6.45, 7) is -0.346. The second kappa shape index (κ2) is 7.63. The van der Waals surface area contributed by atoms with Gasteiger partial charge in [0.1, 0.15) is 0 Å². The van der Waals surface area contributed by atoms with Crippen molar-refractivity contribution in [1.29, 1.82) is 0 Å². The van der Waals surface area contributed by atoms with E-state index in [0.717, 1.165) is 12.1 Å². The van der Waals surface area contributed by atoms with Crippen LogP contribution in [0, 0.1) is 10.1 Å². The number of carbonyl (C=O) groups excluding carboxylic acids is 1. The molecule has 0 aromatic heterocycles. The monoisotopic (exact) mass is 423 g/mol. The normalized spacial score (nSPS) is 18.3. The molecule has 1 amide bonds. The Morgan fingerprint density at radius 1 is 1.17 bits per heavy atom. The predicted molar refractivity (Wildman–Crippen MR) is 101 cm³/mol. The third kappa shape index (κ3) is 4.27. The number of benzene rings is 2. The van der Waals surface area contributed by atoms with Crippen LogP contribution in [0.2, 0.25) is 0 Å². The van der Waals surface area contributed by atoms with Gasteiger partial charge in [-0.05, 0) is 29.8 Å². The summed E-state index contributed by atoms with van der Waals surface area (Å²) in [4.78, 5) is 21.5. The van der Waals surface area contributed by atoms with Gasteiger partial charge >= 0.3 is 0 Å². The second-order valence-electron chi connectivity index (χ2n) is 6.18. The summed E-state index contributed by atoms with van der Waals surface area (Å²) >= 11 is 0. The van der Waals surface area contributed by atoms with Gasteiger partial charge in [0.25, 0.3) is 5.69 Å². The summed E-state index contributed by atoms with van der Waals surface area (Å²) in [7, 11) is -4.02. The molecule has 0 radical (unpaired) electrons. The van der Waals surface area contributed by atoms with Gasteiger partial charge in [-0.2, -0.15) is 0 Å². The highest BCUT2D eigenvalue weighted by atomic mass is 32.2. The van der Waals surface area contributed by atoms with Crippen LogP contribution in [0.15, 0.2) is 41.3 Å². The number of nitro benzene ring substituents is 1. The fraction of sp³-hybridized carbons (Fsp3) is 0.188. The van der Waals surface area contributed by atoms with Gasteiger partial charge in [0.05, 0.1) is 21.2 Å². The highest BCUT2D eigenvalue weighted by Crippen LogP contribution is 2.35. The lowest BCUT2D eigenvalue weighted by atomic mass is 10.1. The van der Waals surface area contributed by atoms with Crippen molar-refractivity contribution in [3.63, 3.8) is 0 Å². The number of nitrogens with zero attached hydrogens (tertiary/aromatic N) is 1. The Hall–Kier alpha value is -3.26. The Kier molecular flexibility index (Phi) is 5.39. The number of anilines is 2. The number of nitrogens with two attached hydrogens (primary N) is 1. The summed E-state index contributed by atoms with van der Waals surface area (Å²) in [5.74, 6) is -0.704. The number of nitro groups is 1. The fourth-order valence-corrected chi connectivity index (χ4v) is 3.74. The maximum absolute atomic E-state index is 12.5. The van der Waals surface area contributed by atoms with Crippen LogP contribution in [0.1, 0.15) is 15.9 Å². The number of fused-ring (bicyclic) bond motifs is 1. The maximum Gasteiger partial charge on any atom is 0.271 e. The summed E-state index contributed by atoms with van der Waals surface area (Å²) in [5, 5.41) is 35.7. The number of amides is 1. The zero-order valence-electron chi connectivity index (χ0n) is 14.7. The number of carbonyl (C=O) groups is 1. The number of hydrogen-bond acceptors (Lipinski definition) is 9. The predicted octanol–water partition coefficient (Wildman–Crippen LogP) is -0.354. The van der Waals surface area contributed by atoms with Crippen LogP contribution in [0.3, 0.4) is 0 Å². The lowest BCUT2D eigenvalue weighted by Crippen LogP contribution is -2.43. The smallest absolute Gasteiger partial charge is 0.271 e. The molecule has 0 saturated heterocycles. The van der Waals surface area contributed by atoms with Crippen molar-refractivity contribution in [3.05, 3.63) is 57.6 Å². The molecule has 0 saturated carbocycles. The van der Waals surface area contributed by atoms with Gasteiger partial charge in [-0.15, -0.1) is 0 Å². The first-order valence-electron chi connectivity index (χ1n) is 8.18. The van der Waals surface area contributed by atoms with E-state index in [1.54, 1.807) is 0 Å². The summed E-state index contributed by atoms with van der Waals surface area (Å²) in [6.07, 6.45) is -2.81. The number of nitrogens with one attached hydrogen (secondary N) is 3. The van der Waals surface area contributed by atoms with Gasteiger partial charge < -0.3 is 26.6 Å². The van der Waals surface area contributed by atoms with E-state index < -0.39 is 33.3 Å². The van der Waals surface area contributed by atoms with Crippen molar-refractivity contribution in [2.75, 3.05) is 10.6 Å². The highest BCUT2D eigenvalue weighted by molar-refractivity contribution is 7.89. The summed E-state index contributed by atoms with van der Waals surface area (Å²) < 4.78 is 27.3. The van der Waals surface area contributed by atoms with E-state index in [4.69, 9.17) is 5.73 Å². The van der Waals surface area contributed by atoms with Crippen molar-refractivity contribution in [1.82, 2.24) is 4.72 Å². The van der Waals surface area contributed by atoms with Gasteiger partial charge in [-0.25, -0.2) is 13.1 Å². The number of primary amides is 1. The molecule has 13 heteroatoms. The molecule has 2 aromatic carbocycles. The molecule has 1 aliphatic heterocycles. The van der Waals surface area contributed by atoms with E-state index in [1.807, 2.05) is 0 Å². The summed E-state index contributed by atoms with van der Waals surface area (Å²) in [5.41, 5.74) is 5.44. The van der Waals surface area contributed by atoms with Gasteiger partial charge in [0, 0.05) is 24.2 Å². The number of hydrogen-bond donors (Lipinski definition) is 6. The van der Waals surface area contributed by atoms with E-state index in [1.165, 1.54) is 24.3 Å². The zero-order chi connectivity index (χ0) is 21.3. The number of sulfonamides is 1. The molecular formula is C16H17N5O7S. The molecule has 0 bridgehead atoms. The van der Waals surface area contributed by atoms with Gasteiger partial charge in [0.2, 0.25) is 15.9 Å². The highest BCUT2D eigenvalue weighted by Gasteiger charge is 2.28. The Labute approximate surface area is 164 Å². The molecule has 1 heterocycles. The molecule has 0 spiro atoms. The molecule has 29 heavy (non-hydrogen) atoms. The topological polar surface area (TPSA) is 197 Å². The molecule has 2 unspecified atom stereocenters. The molecule has 154 valence electrons. The van der Waals surface area contributed by atoms with Crippen LogP contribution in [-0.4, -0.2) is 41.9 Å². The van der Waals surface area contributed by atoms with E-state index in [9.17, 15) is 33.5 Å². The first kappa shape index (κ1) is 20.5. The van der Waals surface area contributed by atoms with Crippen molar-refractivity contribution >= 4 is 33.0 Å². The first-order valence-corrected chi connectivity index (χ1v) is 9.67. The quantitative estimate of drug-likeness (QED) is 0.265. The molecule has 1 aliphatic rings.